The van der Waals surface area contributed by atoms with Crippen molar-refractivity contribution in [2.45, 2.75) is 38.3 Å². The average Bonchev–Trinajstić information content (AvgIpc) is 2.91. The van der Waals surface area contributed by atoms with Crippen LogP contribution in [-0.4, -0.2) is 34.2 Å². The molecule has 1 aliphatic carbocycles. The van der Waals surface area contributed by atoms with E-state index in [-0.39, 0.29) is 17.4 Å². The van der Waals surface area contributed by atoms with Gasteiger partial charge < -0.3 is 10.8 Å². The molecule has 1 aromatic rings. The minimum atomic E-state index is -0.319. The Bertz CT molecular complexity index is 475. The zero-order valence-electron chi connectivity index (χ0n) is 11.5. The third kappa shape index (κ3) is 3.98. The number of benzene rings is 1. The molecule has 0 radical (unpaired) electrons. The van der Waals surface area contributed by atoms with E-state index < -0.39 is 0 Å². The Hall–Kier alpha value is -1.04. The van der Waals surface area contributed by atoms with E-state index >= 15 is 0 Å². The lowest BCUT2D eigenvalue weighted by atomic mass is 10.1. The molecule has 110 valence electrons. The van der Waals surface area contributed by atoms with Gasteiger partial charge in [0.15, 0.2) is 0 Å². The highest BCUT2D eigenvalue weighted by Gasteiger charge is 2.22. The summed E-state index contributed by atoms with van der Waals surface area (Å²) in [5.74, 6) is -0.319. The number of rotatable bonds is 6. The van der Waals surface area contributed by atoms with Gasteiger partial charge in [-0.25, -0.2) is 4.39 Å². The van der Waals surface area contributed by atoms with Crippen LogP contribution in [0.4, 0.5) is 4.39 Å². The molecule has 5 heteroatoms. The first kappa shape index (κ1) is 15.4. The lowest BCUT2D eigenvalue weighted by molar-refractivity contribution is 0.144. The Morgan fingerprint density at radius 1 is 1.35 bits per heavy atom. The maximum Gasteiger partial charge on any atom is 0.124 e. The number of aliphatic hydroxyl groups is 1. The summed E-state index contributed by atoms with van der Waals surface area (Å²) in [5, 5.41) is 9.22. The molecular formula is C15H21FN2OS. The highest BCUT2D eigenvalue weighted by molar-refractivity contribution is 7.80. The van der Waals surface area contributed by atoms with E-state index in [0.29, 0.717) is 24.7 Å². The van der Waals surface area contributed by atoms with Crippen molar-refractivity contribution in [3.05, 3.63) is 35.1 Å². The monoisotopic (exact) mass is 296 g/mol. The number of hydrogen-bond acceptors (Lipinski definition) is 3. The fourth-order valence-corrected chi connectivity index (χ4v) is 3.02. The second-order valence-corrected chi connectivity index (χ2v) is 5.78. The van der Waals surface area contributed by atoms with E-state index in [1.165, 1.54) is 25.0 Å². The molecule has 0 spiro atoms. The summed E-state index contributed by atoms with van der Waals surface area (Å²) in [6, 6.07) is 5.20. The smallest absolute Gasteiger partial charge is 0.124 e. The lowest BCUT2D eigenvalue weighted by Crippen LogP contribution is -2.35. The zero-order chi connectivity index (χ0) is 14.5. The highest BCUT2D eigenvalue weighted by Crippen LogP contribution is 2.25. The van der Waals surface area contributed by atoms with E-state index in [1.807, 2.05) is 6.07 Å². The van der Waals surface area contributed by atoms with Gasteiger partial charge in [0, 0.05) is 24.7 Å². The Labute approximate surface area is 124 Å². The summed E-state index contributed by atoms with van der Waals surface area (Å²) in [6.45, 7) is 1.36. The molecular weight excluding hydrogens is 275 g/mol. The molecule has 0 bridgehead atoms. The van der Waals surface area contributed by atoms with Crippen LogP contribution in [0.25, 0.3) is 0 Å². The molecule has 0 unspecified atom stereocenters. The van der Waals surface area contributed by atoms with Crippen LogP contribution < -0.4 is 5.73 Å². The second kappa shape index (κ2) is 7.11. The first-order valence-corrected chi connectivity index (χ1v) is 7.45. The molecule has 3 N–H and O–H groups in total. The van der Waals surface area contributed by atoms with Gasteiger partial charge in [-0.2, -0.15) is 0 Å². The normalized spacial score (nSPS) is 15.9. The molecule has 0 aliphatic heterocycles. The van der Waals surface area contributed by atoms with Gasteiger partial charge in [-0.15, -0.1) is 0 Å². The molecule has 20 heavy (non-hydrogen) atoms. The number of halogens is 1. The predicted octanol–water partition coefficient (Wildman–Crippen LogP) is 2.20. The minimum Gasteiger partial charge on any atom is -0.395 e. The van der Waals surface area contributed by atoms with Crippen molar-refractivity contribution < 1.29 is 9.50 Å². The highest BCUT2D eigenvalue weighted by atomic mass is 32.1. The largest absolute Gasteiger partial charge is 0.395 e. The Morgan fingerprint density at radius 3 is 2.65 bits per heavy atom. The quantitative estimate of drug-likeness (QED) is 0.790. The summed E-state index contributed by atoms with van der Waals surface area (Å²) in [7, 11) is 0. The molecule has 1 fully saturated rings. The summed E-state index contributed by atoms with van der Waals surface area (Å²) in [5.41, 5.74) is 6.99. The van der Waals surface area contributed by atoms with Crippen molar-refractivity contribution in [1.82, 2.24) is 4.90 Å². The molecule has 0 atom stereocenters. The van der Waals surface area contributed by atoms with Crippen molar-refractivity contribution in [2.24, 2.45) is 5.73 Å². The summed E-state index contributed by atoms with van der Waals surface area (Å²) in [4.78, 5) is 2.44. The van der Waals surface area contributed by atoms with Crippen LogP contribution in [0.1, 0.15) is 36.8 Å². The fourth-order valence-electron chi connectivity index (χ4n) is 2.91. The molecule has 0 saturated heterocycles. The maximum absolute atomic E-state index is 13.6. The molecule has 3 nitrogen and oxygen atoms in total. The van der Waals surface area contributed by atoms with Crippen molar-refractivity contribution >= 4 is 17.2 Å². The average molecular weight is 296 g/mol. The topological polar surface area (TPSA) is 49.5 Å². The van der Waals surface area contributed by atoms with Gasteiger partial charge in [0.05, 0.1) is 6.61 Å². The van der Waals surface area contributed by atoms with E-state index in [4.69, 9.17) is 18.0 Å². The number of nitrogens with two attached hydrogens (primary N) is 1. The lowest BCUT2D eigenvalue weighted by Gasteiger charge is -2.28. The van der Waals surface area contributed by atoms with E-state index in [0.717, 1.165) is 18.4 Å². The van der Waals surface area contributed by atoms with Gasteiger partial charge in [0.25, 0.3) is 0 Å². The molecule has 2 rings (SSSR count). The van der Waals surface area contributed by atoms with E-state index in [9.17, 15) is 9.50 Å². The van der Waals surface area contributed by atoms with Gasteiger partial charge in [-0.3, -0.25) is 4.90 Å². The Morgan fingerprint density at radius 2 is 2.05 bits per heavy atom. The van der Waals surface area contributed by atoms with Crippen LogP contribution in [0, 0.1) is 5.82 Å². The van der Waals surface area contributed by atoms with Crippen molar-refractivity contribution in [3.63, 3.8) is 0 Å². The summed E-state index contributed by atoms with van der Waals surface area (Å²) < 4.78 is 13.6. The van der Waals surface area contributed by atoms with Gasteiger partial charge in [-0.1, -0.05) is 25.1 Å². The maximum atomic E-state index is 13.6. The number of thiocarbonyl (C=S) groups is 1. The van der Waals surface area contributed by atoms with Crippen LogP contribution >= 0.6 is 12.2 Å². The fraction of sp³-hybridized carbons (Fsp3) is 0.533. The molecule has 1 aromatic carbocycles. The van der Waals surface area contributed by atoms with Gasteiger partial charge in [0.1, 0.15) is 10.8 Å². The van der Waals surface area contributed by atoms with Crippen LogP contribution in [0.5, 0.6) is 0 Å². The standard InChI is InChI=1S/C15H21FN2OS/c16-13-8-11(7-12(9-13)15(17)20)10-18(5-6-19)14-3-1-2-4-14/h7-9,14,19H,1-6,10H2,(H2,17,20). The van der Waals surface area contributed by atoms with Crippen LogP contribution in [-0.2, 0) is 6.54 Å². The predicted molar refractivity (Wildman–Crippen MR) is 82.0 cm³/mol. The summed E-state index contributed by atoms with van der Waals surface area (Å²) in [6.07, 6.45) is 4.76. The van der Waals surface area contributed by atoms with Crippen LogP contribution in [0.2, 0.25) is 0 Å². The molecule has 0 amide bonds. The third-order valence-corrected chi connectivity index (χ3v) is 4.09. The number of nitrogens with zero attached hydrogens (tertiary/aromatic N) is 1. The molecule has 1 aliphatic rings. The van der Waals surface area contributed by atoms with E-state index in [2.05, 4.69) is 4.90 Å². The van der Waals surface area contributed by atoms with Gasteiger partial charge in [-0.05, 0) is 36.6 Å². The minimum absolute atomic E-state index is 0.119. The van der Waals surface area contributed by atoms with Crippen molar-refractivity contribution in [1.29, 1.82) is 0 Å². The van der Waals surface area contributed by atoms with Crippen molar-refractivity contribution in [2.75, 3.05) is 13.2 Å². The Kier molecular flexibility index (Phi) is 5.46. The zero-order valence-corrected chi connectivity index (χ0v) is 12.3. The molecule has 0 heterocycles. The molecule has 1 saturated carbocycles. The van der Waals surface area contributed by atoms with Crippen molar-refractivity contribution in [3.8, 4) is 0 Å². The number of aliphatic hydroxyl groups excluding tert-OH is 1. The second-order valence-electron chi connectivity index (χ2n) is 5.34. The third-order valence-electron chi connectivity index (χ3n) is 3.86. The first-order valence-electron chi connectivity index (χ1n) is 7.04. The summed E-state index contributed by atoms with van der Waals surface area (Å²) >= 11 is 4.91. The SMILES string of the molecule is NC(=S)c1cc(F)cc(CN(CCO)C2CCCC2)c1. The first-order chi connectivity index (χ1) is 9.60. The van der Waals surface area contributed by atoms with Crippen LogP contribution in [0.3, 0.4) is 0 Å². The van der Waals surface area contributed by atoms with Crippen LogP contribution in [0.15, 0.2) is 18.2 Å². The van der Waals surface area contributed by atoms with E-state index in [1.54, 1.807) is 0 Å². The van der Waals surface area contributed by atoms with Gasteiger partial charge >= 0.3 is 0 Å². The molecule has 0 aromatic heterocycles. The van der Waals surface area contributed by atoms with Gasteiger partial charge in [0.2, 0.25) is 0 Å². The Balaban J connectivity index is 2.14. The number of hydrogen-bond donors (Lipinski definition) is 2.